The summed E-state index contributed by atoms with van der Waals surface area (Å²) in [6, 6.07) is 17.7. The Hall–Kier alpha value is -3.85. The first-order valence-corrected chi connectivity index (χ1v) is 11.5. The predicted molar refractivity (Wildman–Crippen MR) is 125 cm³/mol. The van der Waals surface area contributed by atoms with Crippen LogP contribution in [-0.4, -0.2) is 34.0 Å². The van der Waals surface area contributed by atoms with Crippen LogP contribution in [-0.2, 0) is 19.6 Å². The van der Waals surface area contributed by atoms with Crippen molar-refractivity contribution in [1.82, 2.24) is 0 Å². The summed E-state index contributed by atoms with van der Waals surface area (Å²) in [4.78, 5) is 24.1. The number of sulfonamides is 1. The largest absolute Gasteiger partial charge is 0.484 e. The Balaban J connectivity index is 1.62. The van der Waals surface area contributed by atoms with E-state index in [1.807, 2.05) is 26.0 Å². The highest BCUT2D eigenvalue weighted by atomic mass is 32.2. The van der Waals surface area contributed by atoms with Gasteiger partial charge in [0.25, 0.3) is 15.9 Å². The van der Waals surface area contributed by atoms with Gasteiger partial charge in [-0.25, -0.2) is 13.2 Å². The van der Waals surface area contributed by atoms with E-state index in [4.69, 9.17) is 9.47 Å². The van der Waals surface area contributed by atoms with Crippen molar-refractivity contribution >= 4 is 33.3 Å². The molecule has 0 atom stereocenters. The summed E-state index contributed by atoms with van der Waals surface area (Å²) in [7, 11) is -2.53. The molecule has 0 heterocycles. The Morgan fingerprint density at radius 1 is 0.909 bits per heavy atom. The number of benzene rings is 3. The molecule has 2 N–H and O–H groups in total. The van der Waals surface area contributed by atoms with Gasteiger partial charge in [-0.05, 0) is 67.4 Å². The number of aryl methyl sites for hydroxylation is 2. The number of methoxy groups -OCH3 is 1. The molecular formula is C24H24N2O6S. The first-order valence-electron chi connectivity index (χ1n) is 10.00. The quantitative estimate of drug-likeness (QED) is 0.485. The SMILES string of the molecule is COC(=O)c1ccccc1NC(=O)COc1ccc(S(=O)(=O)Nc2cc(C)ccc2C)cc1. The number of hydrogen-bond acceptors (Lipinski definition) is 6. The van der Waals surface area contributed by atoms with Gasteiger partial charge in [0.2, 0.25) is 0 Å². The molecule has 33 heavy (non-hydrogen) atoms. The maximum Gasteiger partial charge on any atom is 0.339 e. The molecule has 172 valence electrons. The Kier molecular flexibility index (Phi) is 7.34. The fraction of sp³-hybridized carbons (Fsp3) is 0.167. The van der Waals surface area contributed by atoms with E-state index in [2.05, 4.69) is 10.0 Å². The molecule has 0 aliphatic carbocycles. The van der Waals surface area contributed by atoms with Crippen LogP contribution in [0.2, 0.25) is 0 Å². The first-order chi connectivity index (χ1) is 15.7. The summed E-state index contributed by atoms with van der Waals surface area (Å²) in [5, 5.41) is 2.60. The molecule has 0 fully saturated rings. The fourth-order valence-corrected chi connectivity index (χ4v) is 4.10. The van der Waals surface area contributed by atoms with Crippen LogP contribution in [0.5, 0.6) is 5.75 Å². The van der Waals surface area contributed by atoms with Crippen molar-refractivity contribution in [2.75, 3.05) is 23.8 Å². The lowest BCUT2D eigenvalue weighted by Gasteiger charge is -2.12. The van der Waals surface area contributed by atoms with Gasteiger partial charge in [-0.3, -0.25) is 9.52 Å². The number of carbonyl (C=O) groups excluding carboxylic acids is 2. The van der Waals surface area contributed by atoms with Gasteiger partial charge in [0, 0.05) is 0 Å². The topological polar surface area (TPSA) is 111 Å². The van der Waals surface area contributed by atoms with Crippen molar-refractivity contribution in [2.45, 2.75) is 18.7 Å². The average molecular weight is 469 g/mol. The molecule has 3 aromatic carbocycles. The molecular weight excluding hydrogens is 444 g/mol. The van der Waals surface area contributed by atoms with Crippen LogP contribution in [0.3, 0.4) is 0 Å². The number of nitrogens with one attached hydrogen (secondary N) is 2. The summed E-state index contributed by atoms with van der Waals surface area (Å²) in [6.45, 7) is 3.37. The van der Waals surface area contributed by atoms with Crippen molar-refractivity contribution in [3.8, 4) is 5.75 Å². The van der Waals surface area contributed by atoms with Crippen molar-refractivity contribution < 1.29 is 27.5 Å². The van der Waals surface area contributed by atoms with Crippen molar-refractivity contribution in [1.29, 1.82) is 0 Å². The highest BCUT2D eigenvalue weighted by molar-refractivity contribution is 7.92. The maximum atomic E-state index is 12.7. The van der Waals surface area contributed by atoms with Gasteiger partial charge in [0.1, 0.15) is 5.75 Å². The van der Waals surface area contributed by atoms with Gasteiger partial charge in [0.05, 0.1) is 28.9 Å². The molecule has 1 amide bonds. The molecule has 0 aliphatic rings. The van der Waals surface area contributed by atoms with E-state index in [-0.39, 0.29) is 17.1 Å². The highest BCUT2D eigenvalue weighted by Gasteiger charge is 2.16. The van der Waals surface area contributed by atoms with Gasteiger partial charge >= 0.3 is 5.97 Å². The van der Waals surface area contributed by atoms with Gasteiger partial charge in [-0.2, -0.15) is 0 Å². The van der Waals surface area contributed by atoms with Crippen LogP contribution in [0.1, 0.15) is 21.5 Å². The van der Waals surface area contributed by atoms with E-state index in [9.17, 15) is 18.0 Å². The summed E-state index contributed by atoms with van der Waals surface area (Å²) < 4.78 is 38.1. The molecule has 8 nitrogen and oxygen atoms in total. The van der Waals surface area contributed by atoms with E-state index in [1.165, 1.54) is 37.4 Å². The Morgan fingerprint density at radius 3 is 2.30 bits per heavy atom. The van der Waals surface area contributed by atoms with Crippen LogP contribution in [0, 0.1) is 13.8 Å². The summed E-state index contributed by atoms with van der Waals surface area (Å²) in [5.74, 6) is -0.741. The van der Waals surface area contributed by atoms with Crippen LogP contribution in [0.25, 0.3) is 0 Å². The molecule has 0 bridgehead atoms. The Labute approximate surface area is 192 Å². The number of para-hydroxylation sites is 1. The number of rotatable bonds is 8. The predicted octanol–water partition coefficient (Wildman–Crippen LogP) is 3.91. The number of anilines is 2. The smallest absolute Gasteiger partial charge is 0.339 e. The molecule has 0 aliphatic heterocycles. The summed E-state index contributed by atoms with van der Waals surface area (Å²) >= 11 is 0. The molecule has 0 spiro atoms. The second-order valence-electron chi connectivity index (χ2n) is 7.27. The monoisotopic (exact) mass is 468 g/mol. The summed E-state index contributed by atoms with van der Waals surface area (Å²) in [6.07, 6.45) is 0. The van der Waals surface area contributed by atoms with E-state index in [0.29, 0.717) is 17.1 Å². The van der Waals surface area contributed by atoms with Crippen LogP contribution < -0.4 is 14.8 Å². The lowest BCUT2D eigenvalue weighted by atomic mass is 10.1. The Morgan fingerprint density at radius 2 is 1.61 bits per heavy atom. The summed E-state index contributed by atoms with van der Waals surface area (Å²) in [5.41, 5.74) is 2.79. The molecule has 0 unspecified atom stereocenters. The lowest BCUT2D eigenvalue weighted by Crippen LogP contribution is -2.21. The zero-order valence-corrected chi connectivity index (χ0v) is 19.2. The zero-order chi connectivity index (χ0) is 24.0. The van der Waals surface area contributed by atoms with Crippen molar-refractivity contribution in [2.24, 2.45) is 0 Å². The maximum absolute atomic E-state index is 12.7. The molecule has 3 aromatic rings. The minimum atomic E-state index is -3.79. The molecule has 0 radical (unpaired) electrons. The molecule has 3 rings (SSSR count). The highest BCUT2D eigenvalue weighted by Crippen LogP contribution is 2.23. The first kappa shape index (κ1) is 23.8. The molecule has 0 aromatic heterocycles. The van der Waals surface area contributed by atoms with Gasteiger partial charge < -0.3 is 14.8 Å². The zero-order valence-electron chi connectivity index (χ0n) is 18.4. The van der Waals surface area contributed by atoms with E-state index < -0.39 is 21.9 Å². The van der Waals surface area contributed by atoms with E-state index in [1.54, 1.807) is 24.3 Å². The van der Waals surface area contributed by atoms with Gasteiger partial charge in [-0.1, -0.05) is 24.3 Å². The third-order valence-electron chi connectivity index (χ3n) is 4.75. The second-order valence-corrected chi connectivity index (χ2v) is 8.95. The molecule has 0 saturated carbocycles. The Bertz CT molecular complexity index is 1270. The van der Waals surface area contributed by atoms with Crippen LogP contribution in [0.15, 0.2) is 71.6 Å². The third-order valence-corrected chi connectivity index (χ3v) is 6.13. The van der Waals surface area contributed by atoms with Gasteiger partial charge in [0.15, 0.2) is 6.61 Å². The van der Waals surface area contributed by atoms with Crippen LogP contribution in [0.4, 0.5) is 11.4 Å². The number of hydrogen-bond donors (Lipinski definition) is 2. The van der Waals surface area contributed by atoms with Crippen molar-refractivity contribution in [3.63, 3.8) is 0 Å². The standard InChI is InChI=1S/C24H24N2O6S/c1-16-8-9-17(2)22(14-16)26-33(29,30)19-12-10-18(11-13-19)32-15-23(27)25-21-7-5-4-6-20(21)24(28)31-3/h4-14,26H,15H2,1-3H3,(H,25,27). The molecule has 0 saturated heterocycles. The number of carbonyl (C=O) groups is 2. The van der Waals surface area contributed by atoms with E-state index in [0.717, 1.165) is 11.1 Å². The second kappa shape index (κ2) is 10.2. The third kappa shape index (κ3) is 6.11. The number of esters is 1. The molecule has 9 heteroatoms. The number of amides is 1. The minimum Gasteiger partial charge on any atom is -0.484 e. The van der Waals surface area contributed by atoms with Gasteiger partial charge in [-0.15, -0.1) is 0 Å². The fourth-order valence-electron chi connectivity index (χ4n) is 2.98. The average Bonchev–Trinajstić information content (AvgIpc) is 2.80. The number of ether oxygens (including phenoxy) is 2. The minimum absolute atomic E-state index is 0.0622. The van der Waals surface area contributed by atoms with Crippen LogP contribution >= 0.6 is 0 Å². The lowest BCUT2D eigenvalue weighted by molar-refractivity contribution is -0.118. The normalized spacial score (nSPS) is 10.9. The van der Waals surface area contributed by atoms with E-state index >= 15 is 0 Å². The van der Waals surface area contributed by atoms with Crippen molar-refractivity contribution in [3.05, 3.63) is 83.4 Å².